The van der Waals surface area contributed by atoms with E-state index >= 15 is 0 Å². The van der Waals surface area contributed by atoms with Crippen molar-refractivity contribution in [3.05, 3.63) is 66.8 Å². The van der Waals surface area contributed by atoms with Crippen molar-refractivity contribution in [1.29, 1.82) is 0 Å². The number of nitrogens with zero attached hydrogens (tertiary/aromatic N) is 2. The summed E-state index contributed by atoms with van der Waals surface area (Å²) in [4.78, 5) is 45.2. The topological polar surface area (TPSA) is 96.4 Å². The minimum atomic E-state index is -1.31. The maximum atomic E-state index is 14.5. The van der Waals surface area contributed by atoms with Crippen LogP contribution in [0, 0.1) is 11.8 Å². The van der Waals surface area contributed by atoms with E-state index in [1.807, 2.05) is 67.6 Å². The highest BCUT2D eigenvalue weighted by Gasteiger charge is 2.75. The third-order valence-corrected chi connectivity index (χ3v) is 8.55. The highest BCUT2D eigenvalue weighted by Crippen LogP contribution is 2.58. The second-order valence-corrected chi connectivity index (χ2v) is 10.5. The van der Waals surface area contributed by atoms with Crippen LogP contribution in [0.2, 0.25) is 0 Å². The molecule has 8 heteroatoms. The molecule has 2 fully saturated rings. The molecule has 2 saturated heterocycles. The monoisotopic (exact) mass is 516 g/mol. The zero-order chi connectivity index (χ0) is 26.5. The number of carbonyl (C=O) groups is 3. The van der Waals surface area contributed by atoms with Gasteiger partial charge in [-0.1, -0.05) is 55.5 Å². The fourth-order valence-corrected chi connectivity index (χ4v) is 6.81. The molecule has 1 N–H and O–H groups in total. The summed E-state index contributed by atoms with van der Waals surface area (Å²) in [6.07, 6.45) is 8.83. The lowest BCUT2D eigenvalue weighted by Gasteiger charge is -2.38. The Morgan fingerprint density at radius 2 is 1.79 bits per heavy atom. The second-order valence-electron chi connectivity index (χ2n) is 10.5. The Bertz CT molecular complexity index is 1350. The minimum Gasteiger partial charge on any atom is -0.461 e. The highest BCUT2D eigenvalue weighted by molar-refractivity contribution is 6.06. The number of aliphatic hydroxyl groups excluding tert-OH is 1. The first-order chi connectivity index (χ1) is 18.5. The fourth-order valence-electron chi connectivity index (χ4n) is 6.81. The predicted molar refractivity (Wildman–Crippen MR) is 141 cm³/mol. The van der Waals surface area contributed by atoms with E-state index in [1.54, 1.807) is 15.9 Å². The molecule has 4 aliphatic heterocycles. The second kappa shape index (κ2) is 9.36. The molecular formula is C30H32N2O6. The number of hydrogen-bond acceptors (Lipinski definition) is 6. The zero-order valence-electron chi connectivity index (χ0n) is 21.4. The summed E-state index contributed by atoms with van der Waals surface area (Å²) in [7, 11) is 0. The first-order valence-corrected chi connectivity index (χ1v) is 13.4. The number of ether oxygens (including phenoxy) is 2. The molecule has 5 atom stereocenters. The van der Waals surface area contributed by atoms with Crippen molar-refractivity contribution in [2.45, 2.75) is 43.4 Å². The summed E-state index contributed by atoms with van der Waals surface area (Å²) in [5.74, 6) is -2.73. The van der Waals surface area contributed by atoms with Gasteiger partial charge in [0.2, 0.25) is 5.91 Å². The summed E-state index contributed by atoms with van der Waals surface area (Å²) in [5, 5.41) is 11.5. The SMILES string of the molecule is CC[C@]12C=CCOC(=O)[C@H]1[C@H]1C(=O)N(CCCCO)C3C(=O)N(c4ccc5ccccc5c4)CC=C[C@@]31O2. The van der Waals surface area contributed by atoms with Gasteiger partial charge in [0, 0.05) is 25.4 Å². The van der Waals surface area contributed by atoms with Crippen LogP contribution in [0.4, 0.5) is 5.69 Å². The van der Waals surface area contributed by atoms with E-state index < -0.39 is 35.0 Å². The molecule has 0 radical (unpaired) electrons. The van der Waals surface area contributed by atoms with Crippen LogP contribution in [0.1, 0.15) is 26.2 Å². The van der Waals surface area contributed by atoms with Gasteiger partial charge in [-0.2, -0.15) is 0 Å². The van der Waals surface area contributed by atoms with Crippen LogP contribution in [0.25, 0.3) is 10.8 Å². The summed E-state index contributed by atoms with van der Waals surface area (Å²) >= 11 is 0. The molecule has 2 amide bonds. The highest BCUT2D eigenvalue weighted by atomic mass is 16.6. The Labute approximate surface area is 221 Å². The smallest absolute Gasteiger partial charge is 0.313 e. The average molecular weight is 517 g/mol. The first-order valence-electron chi connectivity index (χ1n) is 13.4. The van der Waals surface area contributed by atoms with Gasteiger partial charge in [-0.25, -0.2) is 0 Å². The summed E-state index contributed by atoms with van der Waals surface area (Å²) in [6.45, 7) is 2.65. The molecule has 0 bridgehead atoms. The van der Waals surface area contributed by atoms with Crippen molar-refractivity contribution in [2.24, 2.45) is 11.8 Å². The number of hydrogen-bond donors (Lipinski definition) is 1. The summed E-state index contributed by atoms with van der Waals surface area (Å²) in [6, 6.07) is 12.9. The number of amides is 2. The average Bonchev–Trinajstić information content (AvgIpc) is 3.20. The number of carbonyl (C=O) groups excluding carboxylic acids is 3. The van der Waals surface area contributed by atoms with Crippen molar-refractivity contribution in [1.82, 2.24) is 4.90 Å². The van der Waals surface area contributed by atoms with Gasteiger partial charge in [0.15, 0.2) is 0 Å². The lowest BCUT2D eigenvalue weighted by Crippen LogP contribution is -2.56. The Morgan fingerprint density at radius 3 is 2.58 bits per heavy atom. The van der Waals surface area contributed by atoms with E-state index in [9.17, 15) is 19.5 Å². The number of rotatable bonds is 6. The van der Waals surface area contributed by atoms with Crippen LogP contribution in [0.5, 0.6) is 0 Å². The Hall–Kier alpha value is -3.49. The molecule has 6 rings (SSSR count). The third-order valence-electron chi connectivity index (χ3n) is 8.55. The van der Waals surface area contributed by atoms with Crippen molar-refractivity contribution in [3.63, 3.8) is 0 Å². The molecule has 1 spiro atoms. The Balaban J connectivity index is 1.47. The summed E-state index contributed by atoms with van der Waals surface area (Å²) < 4.78 is 12.3. The number of benzene rings is 2. The molecule has 2 aromatic rings. The predicted octanol–water partition coefficient (Wildman–Crippen LogP) is 2.99. The quantitative estimate of drug-likeness (QED) is 0.360. The van der Waals surface area contributed by atoms with Gasteiger partial charge in [-0.15, -0.1) is 0 Å². The molecule has 38 heavy (non-hydrogen) atoms. The molecule has 0 aromatic heterocycles. The number of anilines is 1. The standard InChI is InChI=1S/C30H32N2O6/c1-2-29-13-8-18-37-28(36)24(29)23-26(34)32(15-5-6-17-33)25-27(35)31(16-7-14-30(23,25)38-29)22-12-11-20-9-3-4-10-21(20)19-22/h3-4,7-14,19,23-25,33H,2,5-6,15-18H2,1H3/t23-,24+,25?,29-,30-/m0/s1. The van der Waals surface area contributed by atoms with Crippen LogP contribution in [0.3, 0.4) is 0 Å². The molecule has 198 valence electrons. The molecule has 8 nitrogen and oxygen atoms in total. The van der Waals surface area contributed by atoms with E-state index in [1.165, 1.54) is 0 Å². The van der Waals surface area contributed by atoms with Gasteiger partial charge >= 0.3 is 5.97 Å². The maximum Gasteiger partial charge on any atom is 0.313 e. The molecule has 0 aliphatic carbocycles. The molecule has 4 heterocycles. The number of esters is 1. The number of cyclic esters (lactones) is 1. The largest absolute Gasteiger partial charge is 0.461 e. The van der Waals surface area contributed by atoms with Crippen LogP contribution in [0.15, 0.2) is 66.8 Å². The van der Waals surface area contributed by atoms with E-state index in [4.69, 9.17) is 9.47 Å². The van der Waals surface area contributed by atoms with Gasteiger partial charge < -0.3 is 24.4 Å². The molecular weight excluding hydrogens is 484 g/mol. The Kier molecular flexibility index (Phi) is 6.12. The molecule has 1 unspecified atom stereocenters. The van der Waals surface area contributed by atoms with Crippen molar-refractivity contribution < 1.29 is 29.0 Å². The first kappa shape index (κ1) is 24.8. The van der Waals surface area contributed by atoms with Crippen LogP contribution in [-0.2, 0) is 23.9 Å². The lowest BCUT2D eigenvalue weighted by molar-refractivity contribution is -0.157. The number of unbranched alkanes of at least 4 members (excludes halogenated alkanes) is 1. The maximum absolute atomic E-state index is 14.5. The van der Waals surface area contributed by atoms with Crippen LogP contribution < -0.4 is 4.90 Å². The van der Waals surface area contributed by atoms with E-state index in [0.717, 1.165) is 16.5 Å². The number of fused-ring (bicyclic) bond motifs is 3. The zero-order valence-corrected chi connectivity index (χ0v) is 21.4. The molecule has 4 aliphatic rings. The minimum absolute atomic E-state index is 0.00642. The molecule has 0 saturated carbocycles. The lowest BCUT2D eigenvalue weighted by atomic mass is 9.73. The summed E-state index contributed by atoms with van der Waals surface area (Å²) in [5.41, 5.74) is -1.61. The fraction of sp³-hybridized carbons (Fsp3) is 0.433. The Morgan fingerprint density at radius 1 is 0.974 bits per heavy atom. The van der Waals surface area contributed by atoms with E-state index in [2.05, 4.69) is 0 Å². The van der Waals surface area contributed by atoms with Crippen LogP contribution in [-0.4, -0.2) is 71.3 Å². The van der Waals surface area contributed by atoms with Crippen molar-refractivity contribution in [3.8, 4) is 0 Å². The number of likely N-dealkylation sites (tertiary alicyclic amines) is 1. The van der Waals surface area contributed by atoms with Gasteiger partial charge in [0.05, 0.1) is 5.92 Å². The van der Waals surface area contributed by atoms with Crippen LogP contribution >= 0.6 is 0 Å². The number of aliphatic hydroxyl groups is 1. The van der Waals surface area contributed by atoms with Gasteiger partial charge in [0.1, 0.15) is 29.8 Å². The van der Waals surface area contributed by atoms with E-state index in [0.29, 0.717) is 25.8 Å². The van der Waals surface area contributed by atoms with Gasteiger partial charge in [-0.3, -0.25) is 14.4 Å². The van der Waals surface area contributed by atoms with Gasteiger partial charge in [-0.05, 0) is 48.2 Å². The van der Waals surface area contributed by atoms with Crippen molar-refractivity contribution in [2.75, 3.05) is 31.2 Å². The normalized spacial score (nSPS) is 32.2. The third kappa shape index (κ3) is 3.54. The van der Waals surface area contributed by atoms with Gasteiger partial charge in [0.25, 0.3) is 5.91 Å². The van der Waals surface area contributed by atoms with Crippen molar-refractivity contribution >= 4 is 34.2 Å². The van der Waals surface area contributed by atoms with E-state index in [-0.39, 0.29) is 31.6 Å². The molecule has 2 aromatic carbocycles.